The van der Waals surface area contributed by atoms with Crippen LogP contribution in [0, 0.1) is 0 Å². The summed E-state index contributed by atoms with van der Waals surface area (Å²) >= 11 is 1.64. The van der Waals surface area contributed by atoms with Gasteiger partial charge in [-0.3, -0.25) is 10.1 Å². The van der Waals surface area contributed by atoms with Gasteiger partial charge in [-0.05, 0) is 24.6 Å². The Balaban J connectivity index is 2.00. The number of ether oxygens (including phenoxy) is 1. The van der Waals surface area contributed by atoms with Crippen molar-refractivity contribution in [2.45, 2.75) is 18.3 Å². The number of rotatable bonds is 3. The van der Waals surface area contributed by atoms with Crippen LogP contribution in [0.2, 0.25) is 0 Å². The maximum atomic E-state index is 11.5. The molecule has 0 aliphatic carbocycles. The monoisotopic (exact) mass is 253 g/mol. The van der Waals surface area contributed by atoms with E-state index in [1.165, 1.54) is 0 Å². The van der Waals surface area contributed by atoms with Gasteiger partial charge < -0.3 is 9.84 Å². The van der Waals surface area contributed by atoms with Crippen molar-refractivity contribution in [2.75, 3.05) is 12.4 Å². The maximum Gasteiger partial charge on any atom is 0.324 e. The Morgan fingerprint density at radius 3 is 3.18 bits per heavy atom. The summed E-state index contributed by atoms with van der Waals surface area (Å²) in [6.45, 7) is 2.20. The molecule has 1 saturated heterocycles. The van der Waals surface area contributed by atoms with Gasteiger partial charge in [-0.25, -0.2) is 0 Å². The molecule has 17 heavy (non-hydrogen) atoms. The molecular weight excluding hydrogens is 238 g/mol. The van der Waals surface area contributed by atoms with Gasteiger partial charge in [0.15, 0.2) is 0 Å². The van der Waals surface area contributed by atoms with E-state index in [9.17, 15) is 9.90 Å². The molecule has 1 aromatic rings. The second kappa shape index (κ2) is 5.42. The third kappa shape index (κ3) is 2.92. The highest BCUT2D eigenvalue weighted by Crippen LogP contribution is 2.34. The quantitative estimate of drug-likeness (QED) is 0.802. The molecule has 92 valence electrons. The van der Waals surface area contributed by atoms with E-state index in [2.05, 4.69) is 5.32 Å². The zero-order valence-corrected chi connectivity index (χ0v) is 10.4. The molecule has 0 unspecified atom stereocenters. The van der Waals surface area contributed by atoms with Crippen LogP contribution in [0.15, 0.2) is 24.3 Å². The number of carbonyl (C=O) groups excluding carboxylic acids is 1. The molecule has 0 bridgehead atoms. The molecule has 2 rings (SSSR count). The van der Waals surface area contributed by atoms with E-state index >= 15 is 0 Å². The highest BCUT2D eigenvalue weighted by atomic mass is 32.2. The molecule has 2 atom stereocenters. The standard InChI is InChI=1S/C12H15NO3S/c1-2-16-12(15)10-7-17-11(13-10)8-4-3-5-9(14)6-8/h3-6,10-11,13-14H,2,7H2,1H3/t10-,11+/m1/s1. The number of phenols is 1. The predicted molar refractivity (Wildman–Crippen MR) is 66.9 cm³/mol. The van der Waals surface area contributed by atoms with Crippen LogP contribution in [0.25, 0.3) is 0 Å². The van der Waals surface area contributed by atoms with Gasteiger partial charge in [-0.1, -0.05) is 12.1 Å². The molecule has 5 heteroatoms. The predicted octanol–water partition coefficient (Wildman–Crippen LogP) is 1.66. The second-order valence-electron chi connectivity index (χ2n) is 3.78. The Hall–Kier alpha value is -1.20. The molecule has 0 amide bonds. The molecule has 4 nitrogen and oxygen atoms in total. The summed E-state index contributed by atoms with van der Waals surface area (Å²) in [6, 6.07) is 6.81. The van der Waals surface area contributed by atoms with Crippen molar-refractivity contribution in [2.24, 2.45) is 0 Å². The van der Waals surface area contributed by atoms with Gasteiger partial charge in [0, 0.05) is 5.75 Å². The number of hydrogen-bond acceptors (Lipinski definition) is 5. The summed E-state index contributed by atoms with van der Waals surface area (Å²) in [5, 5.41) is 12.6. The number of nitrogens with one attached hydrogen (secondary N) is 1. The molecule has 0 saturated carbocycles. The number of aromatic hydroxyl groups is 1. The van der Waals surface area contributed by atoms with Gasteiger partial charge in [0.2, 0.25) is 0 Å². The lowest BCUT2D eigenvalue weighted by molar-refractivity contribution is -0.144. The fraction of sp³-hybridized carbons (Fsp3) is 0.417. The average Bonchev–Trinajstić information content (AvgIpc) is 2.78. The van der Waals surface area contributed by atoms with Crippen LogP contribution in [0.3, 0.4) is 0 Å². The Morgan fingerprint density at radius 2 is 2.47 bits per heavy atom. The Kier molecular flexibility index (Phi) is 3.91. The van der Waals surface area contributed by atoms with E-state index in [1.54, 1.807) is 36.9 Å². The van der Waals surface area contributed by atoms with E-state index in [1.807, 2.05) is 6.07 Å². The number of hydrogen-bond donors (Lipinski definition) is 2. The largest absolute Gasteiger partial charge is 0.508 e. The molecule has 1 aliphatic heterocycles. The third-order valence-corrected chi connectivity index (χ3v) is 3.79. The van der Waals surface area contributed by atoms with E-state index in [0.29, 0.717) is 12.4 Å². The van der Waals surface area contributed by atoms with Crippen molar-refractivity contribution in [3.8, 4) is 5.75 Å². The Morgan fingerprint density at radius 1 is 1.65 bits per heavy atom. The normalized spacial score (nSPS) is 23.6. The summed E-state index contributed by atoms with van der Waals surface area (Å²) in [4.78, 5) is 11.5. The fourth-order valence-corrected chi connectivity index (χ4v) is 2.95. The number of carbonyl (C=O) groups is 1. The summed E-state index contributed by atoms with van der Waals surface area (Å²) in [5.41, 5.74) is 0.974. The Labute approximate surface area is 104 Å². The summed E-state index contributed by atoms with van der Waals surface area (Å²) in [5.74, 6) is 0.728. The molecule has 2 N–H and O–H groups in total. The van der Waals surface area contributed by atoms with E-state index in [0.717, 1.165) is 5.56 Å². The minimum absolute atomic E-state index is 0.0384. The molecule has 0 spiro atoms. The number of benzene rings is 1. The van der Waals surface area contributed by atoms with Crippen molar-refractivity contribution < 1.29 is 14.6 Å². The average molecular weight is 253 g/mol. The lowest BCUT2D eigenvalue weighted by atomic mass is 10.2. The molecule has 1 aliphatic rings. The first kappa shape index (κ1) is 12.3. The van der Waals surface area contributed by atoms with Crippen LogP contribution in [0.1, 0.15) is 17.9 Å². The lowest BCUT2D eigenvalue weighted by Gasteiger charge is -2.12. The van der Waals surface area contributed by atoms with E-state index in [4.69, 9.17) is 4.74 Å². The highest BCUT2D eigenvalue weighted by molar-refractivity contribution is 7.99. The second-order valence-corrected chi connectivity index (χ2v) is 4.92. The molecular formula is C12H15NO3S. The lowest BCUT2D eigenvalue weighted by Crippen LogP contribution is -2.35. The first-order valence-corrected chi connectivity index (χ1v) is 6.59. The van der Waals surface area contributed by atoms with Gasteiger partial charge in [-0.2, -0.15) is 0 Å². The van der Waals surface area contributed by atoms with Crippen LogP contribution in [-0.2, 0) is 9.53 Å². The molecule has 0 radical (unpaired) electrons. The van der Waals surface area contributed by atoms with Crippen LogP contribution in [0.4, 0.5) is 0 Å². The van der Waals surface area contributed by atoms with Gasteiger partial charge >= 0.3 is 5.97 Å². The third-order valence-electron chi connectivity index (χ3n) is 2.53. The fourth-order valence-electron chi connectivity index (χ4n) is 1.73. The molecule has 0 aromatic heterocycles. The van der Waals surface area contributed by atoms with Crippen molar-refractivity contribution in [1.82, 2.24) is 5.32 Å². The minimum atomic E-state index is -0.257. The summed E-state index contributed by atoms with van der Waals surface area (Å²) in [7, 11) is 0. The first-order valence-electron chi connectivity index (χ1n) is 5.54. The SMILES string of the molecule is CCOC(=O)[C@H]1CS[C@@H](c2cccc(O)c2)N1. The van der Waals surface area contributed by atoms with Crippen LogP contribution in [-0.4, -0.2) is 29.5 Å². The molecule has 1 aromatic carbocycles. The number of thioether (sulfide) groups is 1. The van der Waals surface area contributed by atoms with Crippen molar-refractivity contribution in [1.29, 1.82) is 0 Å². The number of phenolic OH excluding ortho intramolecular Hbond substituents is 1. The van der Waals surface area contributed by atoms with E-state index < -0.39 is 0 Å². The van der Waals surface area contributed by atoms with E-state index in [-0.39, 0.29) is 23.1 Å². The zero-order valence-electron chi connectivity index (χ0n) is 9.55. The van der Waals surface area contributed by atoms with Gasteiger partial charge in [0.25, 0.3) is 0 Å². The first-order chi connectivity index (χ1) is 8.20. The number of esters is 1. The van der Waals surface area contributed by atoms with Crippen molar-refractivity contribution >= 4 is 17.7 Å². The van der Waals surface area contributed by atoms with Crippen LogP contribution in [0.5, 0.6) is 5.75 Å². The van der Waals surface area contributed by atoms with Gasteiger partial charge in [0.1, 0.15) is 11.8 Å². The molecule has 1 heterocycles. The van der Waals surface area contributed by atoms with Gasteiger partial charge in [0.05, 0.1) is 12.0 Å². The van der Waals surface area contributed by atoms with Crippen molar-refractivity contribution in [3.63, 3.8) is 0 Å². The summed E-state index contributed by atoms with van der Waals surface area (Å²) in [6.07, 6.45) is 0. The Bertz CT molecular complexity index is 410. The zero-order chi connectivity index (χ0) is 12.3. The molecule has 1 fully saturated rings. The summed E-state index contributed by atoms with van der Waals surface area (Å²) < 4.78 is 4.97. The topological polar surface area (TPSA) is 58.6 Å². The minimum Gasteiger partial charge on any atom is -0.508 e. The smallest absolute Gasteiger partial charge is 0.324 e. The van der Waals surface area contributed by atoms with Crippen molar-refractivity contribution in [3.05, 3.63) is 29.8 Å². The van der Waals surface area contributed by atoms with Crippen LogP contribution < -0.4 is 5.32 Å². The maximum absolute atomic E-state index is 11.5. The van der Waals surface area contributed by atoms with Gasteiger partial charge in [-0.15, -0.1) is 11.8 Å². The highest BCUT2D eigenvalue weighted by Gasteiger charge is 2.31. The van der Waals surface area contributed by atoms with Crippen LogP contribution >= 0.6 is 11.8 Å².